The van der Waals surface area contributed by atoms with E-state index in [1.54, 1.807) is 18.2 Å². The van der Waals surface area contributed by atoms with E-state index in [0.717, 1.165) is 24.2 Å². The van der Waals surface area contributed by atoms with Crippen LogP contribution >= 0.6 is 0 Å². The average molecular weight is 405 g/mol. The van der Waals surface area contributed by atoms with Crippen molar-refractivity contribution in [3.05, 3.63) is 59.7 Å². The van der Waals surface area contributed by atoms with Crippen molar-refractivity contribution in [1.29, 1.82) is 0 Å². The molecular formula is C21H28N2O4S. The van der Waals surface area contributed by atoms with Gasteiger partial charge in [-0.25, -0.2) is 13.1 Å². The lowest BCUT2D eigenvalue weighted by Gasteiger charge is -2.33. The third kappa shape index (κ3) is 5.32. The highest BCUT2D eigenvalue weighted by atomic mass is 32.2. The molecular weight excluding hydrogens is 376 g/mol. The van der Waals surface area contributed by atoms with Crippen LogP contribution in [0.5, 0.6) is 5.75 Å². The molecule has 0 spiro atoms. The predicted octanol–water partition coefficient (Wildman–Crippen LogP) is 2.75. The van der Waals surface area contributed by atoms with Crippen molar-refractivity contribution in [3.63, 3.8) is 0 Å². The van der Waals surface area contributed by atoms with Crippen LogP contribution in [0.3, 0.4) is 0 Å². The highest BCUT2D eigenvalue weighted by molar-refractivity contribution is 7.89. The van der Waals surface area contributed by atoms with Gasteiger partial charge in [-0.05, 0) is 43.2 Å². The Bertz CT molecular complexity index is 871. The Morgan fingerprint density at radius 2 is 2.00 bits per heavy atom. The van der Waals surface area contributed by atoms with Crippen molar-refractivity contribution in [2.45, 2.75) is 24.8 Å². The van der Waals surface area contributed by atoms with Gasteiger partial charge in [0.15, 0.2) is 0 Å². The highest BCUT2D eigenvalue weighted by Gasteiger charge is 2.22. The van der Waals surface area contributed by atoms with Crippen LogP contribution < -0.4 is 9.46 Å². The summed E-state index contributed by atoms with van der Waals surface area (Å²) in [6.45, 7) is 7.50. The molecule has 28 heavy (non-hydrogen) atoms. The van der Waals surface area contributed by atoms with Gasteiger partial charge < -0.3 is 9.47 Å². The average Bonchev–Trinajstić information content (AvgIpc) is 2.70. The van der Waals surface area contributed by atoms with Crippen molar-refractivity contribution < 1.29 is 17.9 Å². The van der Waals surface area contributed by atoms with E-state index in [1.165, 1.54) is 0 Å². The molecule has 0 aliphatic carbocycles. The minimum absolute atomic E-state index is 0.0281. The van der Waals surface area contributed by atoms with Crippen LogP contribution in [-0.4, -0.2) is 52.7 Å². The number of nitrogens with one attached hydrogen (secondary N) is 1. The number of hydrogen-bond donors (Lipinski definition) is 1. The highest BCUT2D eigenvalue weighted by Crippen LogP contribution is 2.23. The molecule has 3 rings (SSSR count). The van der Waals surface area contributed by atoms with E-state index in [0.29, 0.717) is 32.1 Å². The molecule has 1 saturated heterocycles. The van der Waals surface area contributed by atoms with Gasteiger partial charge in [-0.3, -0.25) is 4.90 Å². The zero-order valence-electron chi connectivity index (χ0n) is 16.4. The molecule has 152 valence electrons. The summed E-state index contributed by atoms with van der Waals surface area (Å²) in [6, 6.07) is 15.1. The summed E-state index contributed by atoms with van der Waals surface area (Å²) in [6.07, 6.45) is 0.0281. The SMILES string of the molecule is CCOc1ccc(S(=O)(=O)NCCN2CCOC(c3ccccc3)C2)cc1C. The Morgan fingerprint density at radius 1 is 1.21 bits per heavy atom. The standard InChI is InChI=1S/C21H28N2O4S/c1-3-26-20-10-9-19(15-17(20)2)28(24,25)22-11-12-23-13-14-27-21(16-23)18-7-5-4-6-8-18/h4-10,15,21-22H,3,11-14,16H2,1-2H3. The van der Waals surface area contributed by atoms with Crippen molar-refractivity contribution in [3.8, 4) is 5.75 Å². The van der Waals surface area contributed by atoms with E-state index in [4.69, 9.17) is 9.47 Å². The lowest BCUT2D eigenvalue weighted by Crippen LogP contribution is -2.42. The maximum absolute atomic E-state index is 12.6. The summed E-state index contributed by atoms with van der Waals surface area (Å²) < 4.78 is 39.2. The maximum atomic E-state index is 12.6. The third-order valence-corrected chi connectivity index (χ3v) is 6.26. The fraction of sp³-hybridized carbons (Fsp3) is 0.429. The number of nitrogens with zero attached hydrogens (tertiary/aromatic N) is 1. The molecule has 6 nitrogen and oxygen atoms in total. The second kappa shape index (κ2) is 9.52. The first-order valence-corrected chi connectivity index (χ1v) is 11.1. The van der Waals surface area contributed by atoms with E-state index in [2.05, 4.69) is 21.8 Å². The van der Waals surface area contributed by atoms with Crippen LogP contribution in [0.4, 0.5) is 0 Å². The van der Waals surface area contributed by atoms with Gasteiger partial charge >= 0.3 is 0 Å². The van der Waals surface area contributed by atoms with Crippen LogP contribution in [-0.2, 0) is 14.8 Å². The van der Waals surface area contributed by atoms with E-state index in [9.17, 15) is 8.42 Å². The van der Waals surface area contributed by atoms with Crippen LogP contribution in [0, 0.1) is 6.92 Å². The summed E-state index contributed by atoms with van der Waals surface area (Å²) >= 11 is 0. The molecule has 1 atom stereocenters. The van der Waals surface area contributed by atoms with Crippen molar-refractivity contribution >= 4 is 10.0 Å². The quantitative estimate of drug-likeness (QED) is 0.733. The number of hydrogen-bond acceptors (Lipinski definition) is 5. The predicted molar refractivity (Wildman–Crippen MR) is 109 cm³/mol. The fourth-order valence-corrected chi connectivity index (χ4v) is 4.41. The number of ether oxygens (including phenoxy) is 2. The van der Waals surface area contributed by atoms with Gasteiger partial charge in [-0.2, -0.15) is 0 Å². The molecule has 1 N–H and O–H groups in total. The second-order valence-corrected chi connectivity index (χ2v) is 8.60. The van der Waals surface area contributed by atoms with Gasteiger partial charge in [0.05, 0.1) is 24.2 Å². The molecule has 1 fully saturated rings. The van der Waals surface area contributed by atoms with Crippen molar-refractivity contribution in [2.24, 2.45) is 0 Å². The summed E-state index contributed by atoms with van der Waals surface area (Å²) in [5, 5.41) is 0. The maximum Gasteiger partial charge on any atom is 0.240 e. The van der Waals surface area contributed by atoms with E-state index in [1.807, 2.05) is 32.0 Å². The smallest absolute Gasteiger partial charge is 0.240 e. The molecule has 0 radical (unpaired) electrons. The van der Waals surface area contributed by atoms with Gasteiger partial charge in [-0.15, -0.1) is 0 Å². The zero-order chi connectivity index (χ0) is 20.0. The molecule has 7 heteroatoms. The molecule has 0 bridgehead atoms. The Hall–Kier alpha value is -1.93. The van der Waals surface area contributed by atoms with E-state index < -0.39 is 10.0 Å². The number of rotatable bonds is 8. The van der Waals surface area contributed by atoms with E-state index in [-0.39, 0.29) is 11.0 Å². The number of benzene rings is 2. The minimum atomic E-state index is -3.54. The van der Waals surface area contributed by atoms with Crippen LogP contribution in [0.25, 0.3) is 0 Å². The Labute approximate surface area is 167 Å². The summed E-state index contributed by atoms with van der Waals surface area (Å²) in [7, 11) is -3.54. The van der Waals surface area contributed by atoms with Crippen molar-refractivity contribution in [1.82, 2.24) is 9.62 Å². The molecule has 1 aliphatic heterocycles. The number of aryl methyl sites for hydroxylation is 1. The van der Waals surface area contributed by atoms with Crippen molar-refractivity contribution in [2.75, 3.05) is 39.4 Å². The molecule has 0 amide bonds. The molecule has 0 aromatic heterocycles. The Balaban J connectivity index is 1.54. The molecule has 2 aromatic rings. The first kappa shape index (κ1) is 20.8. The summed E-state index contributed by atoms with van der Waals surface area (Å²) in [5.41, 5.74) is 1.96. The molecule has 1 aliphatic rings. The Morgan fingerprint density at radius 3 is 2.71 bits per heavy atom. The van der Waals surface area contributed by atoms with Crippen LogP contribution in [0.2, 0.25) is 0 Å². The van der Waals surface area contributed by atoms with Gasteiger partial charge in [0.2, 0.25) is 10.0 Å². The Kier molecular flexibility index (Phi) is 7.07. The monoisotopic (exact) mass is 404 g/mol. The van der Waals surface area contributed by atoms with Gasteiger partial charge in [0, 0.05) is 26.2 Å². The minimum Gasteiger partial charge on any atom is -0.494 e. The largest absolute Gasteiger partial charge is 0.494 e. The molecule has 1 unspecified atom stereocenters. The zero-order valence-corrected chi connectivity index (χ0v) is 17.2. The first-order chi connectivity index (χ1) is 13.5. The van der Waals surface area contributed by atoms with Gasteiger partial charge in [0.1, 0.15) is 5.75 Å². The normalized spacial score (nSPS) is 18.1. The lowest BCUT2D eigenvalue weighted by atomic mass is 10.1. The third-order valence-electron chi connectivity index (χ3n) is 4.80. The lowest BCUT2D eigenvalue weighted by molar-refractivity contribution is -0.0291. The molecule has 0 saturated carbocycles. The van der Waals surface area contributed by atoms with Crippen LogP contribution in [0.15, 0.2) is 53.4 Å². The topological polar surface area (TPSA) is 67.9 Å². The first-order valence-electron chi connectivity index (χ1n) is 9.61. The fourth-order valence-electron chi connectivity index (χ4n) is 3.30. The van der Waals surface area contributed by atoms with E-state index >= 15 is 0 Å². The molecule has 2 aromatic carbocycles. The number of sulfonamides is 1. The summed E-state index contributed by atoms with van der Waals surface area (Å²) in [5.74, 6) is 0.710. The van der Waals surface area contributed by atoms with Crippen LogP contribution in [0.1, 0.15) is 24.2 Å². The van der Waals surface area contributed by atoms with Gasteiger partial charge in [-0.1, -0.05) is 30.3 Å². The van der Waals surface area contributed by atoms with Gasteiger partial charge in [0.25, 0.3) is 0 Å². The molecule has 1 heterocycles. The number of morpholine rings is 1. The summed E-state index contributed by atoms with van der Waals surface area (Å²) in [4.78, 5) is 2.49. The second-order valence-electron chi connectivity index (χ2n) is 6.83.